The molecule has 0 spiro atoms. The summed E-state index contributed by atoms with van der Waals surface area (Å²) in [4.78, 5) is 4.13. The van der Waals surface area contributed by atoms with Crippen molar-refractivity contribution in [2.75, 3.05) is 10.6 Å². The van der Waals surface area contributed by atoms with E-state index in [0.29, 0.717) is 6.04 Å². The van der Waals surface area contributed by atoms with E-state index in [4.69, 9.17) is 0 Å². The Kier molecular flexibility index (Phi) is 6.22. The molecule has 0 saturated heterocycles. The van der Waals surface area contributed by atoms with E-state index < -0.39 is 0 Å². The minimum absolute atomic E-state index is 0.608. The van der Waals surface area contributed by atoms with Gasteiger partial charge >= 0.3 is 0 Å². The first-order valence-corrected chi connectivity index (χ1v) is 11.3. The molecule has 0 radical (unpaired) electrons. The summed E-state index contributed by atoms with van der Waals surface area (Å²) in [6, 6.07) is 11.5. The van der Waals surface area contributed by atoms with E-state index in [9.17, 15) is 0 Å². The van der Waals surface area contributed by atoms with E-state index in [-0.39, 0.29) is 0 Å². The molecule has 1 heterocycles. The molecule has 2 saturated carbocycles. The third-order valence-corrected chi connectivity index (χ3v) is 6.79. The molecule has 4 rings (SSSR count). The van der Waals surface area contributed by atoms with Gasteiger partial charge in [-0.2, -0.15) is 0 Å². The maximum Gasteiger partial charge on any atom is 0.0584 e. The summed E-state index contributed by atoms with van der Waals surface area (Å²) in [7, 11) is 0. The van der Waals surface area contributed by atoms with E-state index in [0.717, 1.165) is 37.1 Å². The zero-order valence-electron chi connectivity index (χ0n) is 18.0. The van der Waals surface area contributed by atoms with Gasteiger partial charge in [0.05, 0.1) is 11.4 Å². The van der Waals surface area contributed by atoms with Crippen molar-refractivity contribution in [3.05, 3.63) is 60.4 Å². The third-order valence-electron chi connectivity index (χ3n) is 6.79. The van der Waals surface area contributed by atoms with E-state index in [1.807, 2.05) is 12.4 Å². The molecular weight excluding hydrogens is 354 g/mol. The highest BCUT2D eigenvalue weighted by Crippen LogP contribution is 2.46. The Morgan fingerprint density at radius 2 is 1.90 bits per heavy atom. The lowest BCUT2D eigenvalue weighted by Crippen LogP contribution is -2.25. The van der Waals surface area contributed by atoms with Crippen molar-refractivity contribution in [3.8, 4) is 0 Å². The largest absolute Gasteiger partial charge is 0.380 e. The van der Waals surface area contributed by atoms with Crippen molar-refractivity contribution in [1.29, 1.82) is 0 Å². The topological polar surface area (TPSA) is 37.0 Å². The number of anilines is 2. The number of pyridine rings is 1. The average molecular weight is 390 g/mol. The molecule has 154 valence electrons. The van der Waals surface area contributed by atoms with Crippen molar-refractivity contribution in [2.45, 2.75) is 65.0 Å². The molecule has 0 aliphatic heterocycles. The lowest BCUT2D eigenvalue weighted by molar-refractivity contribution is 0.275. The predicted octanol–water partition coefficient (Wildman–Crippen LogP) is 6.74. The second kappa shape index (κ2) is 9.02. The number of aromatic nitrogens is 1. The highest BCUT2D eigenvalue weighted by molar-refractivity contribution is 5.76. The number of rotatable bonds is 8. The van der Waals surface area contributed by atoms with Crippen LogP contribution in [0.5, 0.6) is 0 Å². The van der Waals surface area contributed by atoms with Crippen molar-refractivity contribution in [1.82, 2.24) is 4.98 Å². The number of fused-ring (bicyclic) bond motifs is 2. The first-order valence-electron chi connectivity index (χ1n) is 11.3. The van der Waals surface area contributed by atoms with Crippen LogP contribution in [0.3, 0.4) is 0 Å². The van der Waals surface area contributed by atoms with E-state index in [1.54, 1.807) is 0 Å². The van der Waals surface area contributed by atoms with Crippen molar-refractivity contribution < 1.29 is 0 Å². The molecule has 2 aromatic rings. The van der Waals surface area contributed by atoms with Crippen LogP contribution in [-0.2, 0) is 6.54 Å². The standard InChI is InChI=1S/C26H35N3/c1-4-5-19(3)22-6-7-24(26(16-22)28-17-20-8-10-27-11-9-20)29-25-15-21-12-18(2)13-23(25)14-21/h6-11,16,18,21,23,25,28-29H,3-5,12-15,17H2,1-2H3. The maximum absolute atomic E-state index is 4.30. The molecule has 4 unspecified atom stereocenters. The van der Waals surface area contributed by atoms with Gasteiger partial charge in [-0.1, -0.05) is 32.9 Å². The van der Waals surface area contributed by atoms with Crippen LogP contribution in [0.2, 0.25) is 0 Å². The lowest BCUT2D eigenvalue weighted by Gasteiger charge is -2.27. The molecule has 2 aliphatic rings. The van der Waals surface area contributed by atoms with E-state index >= 15 is 0 Å². The van der Waals surface area contributed by atoms with Gasteiger partial charge in [-0.05, 0) is 90.8 Å². The molecule has 2 fully saturated rings. The van der Waals surface area contributed by atoms with Crippen LogP contribution in [0.4, 0.5) is 11.4 Å². The Hall–Kier alpha value is -2.29. The Labute approximate surface area is 176 Å². The Morgan fingerprint density at radius 1 is 1.07 bits per heavy atom. The molecule has 4 atom stereocenters. The fourth-order valence-corrected chi connectivity index (χ4v) is 5.43. The molecular formula is C26H35N3. The van der Waals surface area contributed by atoms with Crippen molar-refractivity contribution >= 4 is 16.9 Å². The molecule has 1 aromatic heterocycles. The van der Waals surface area contributed by atoms with Crippen LogP contribution in [0.1, 0.15) is 63.5 Å². The second-order valence-electron chi connectivity index (χ2n) is 9.25. The average Bonchev–Trinajstić information content (AvgIpc) is 3.01. The van der Waals surface area contributed by atoms with Gasteiger partial charge in [0.1, 0.15) is 0 Å². The van der Waals surface area contributed by atoms with Crippen LogP contribution >= 0.6 is 0 Å². The number of benzene rings is 1. The van der Waals surface area contributed by atoms with Gasteiger partial charge in [-0.25, -0.2) is 0 Å². The Balaban J connectivity index is 1.54. The fraction of sp³-hybridized carbons (Fsp3) is 0.500. The van der Waals surface area contributed by atoms with Crippen molar-refractivity contribution in [2.24, 2.45) is 17.8 Å². The normalized spacial score (nSPS) is 25.6. The van der Waals surface area contributed by atoms with Crippen LogP contribution in [0, 0.1) is 17.8 Å². The highest BCUT2D eigenvalue weighted by atomic mass is 15.0. The van der Waals surface area contributed by atoms with Crippen LogP contribution in [0.15, 0.2) is 49.3 Å². The lowest BCUT2D eigenvalue weighted by atomic mass is 9.82. The Bertz CT molecular complexity index is 829. The summed E-state index contributed by atoms with van der Waals surface area (Å²) in [6.07, 6.45) is 11.4. The third kappa shape index (κ3) is 4.83. The van der Waals surface area contributed by atoms with Gasteiger partial charge in [0.2, 0.25) is 0 Å². The molecule has 3 nitrogen and oxygen atoms in total. The summed E-state index contributed by atoms with van der Waals surface area (Å²) in [6.45, 7) is 9.74. The second-order valence-corrected chi connectivity index (χ2v) is 9.25. The molecule has 1 aromatic carbocycles. The summed E-state index contributed by atoms with van der Waals surface area (Å²) in [5.41, 5.74) is 6.13. The zero-order chi connectivity index (χ0) is 20.2. The van der Waals surface area contributed by atoms with Gasteiger partial charge in [0.15, 0.2) is 0 Å². The number of nitrogens with one attached hydrogen (secondary N) is 2. The first-order chi connectivity index (χ1) is 14.1. The van der Waals surface area contributed by atoms with Gasteiger partial charge in [0, 0.05) is 25.0 Å². The predicted molar refractivity (Wildman–Crippen MR) is 124 cm³/mol. The molecule has 3 heteroatoms. The first kappa shape index (κ1) is 20.0. The van der Waals surface area contributed by atoms with E-state index in [2.05, 4.69) is 66.4 Å². The van der Waals surface area contributed by atoms with Gasteiger partial charge in [-0.15, -0.1) is 0 Å². The number of hydrogen-bond acceptors (Lipinski definition) is 3. The molecule has 2 aliphatic carbocycles. The fourth-order valence-electron chi connectivity index (χ4n) is 5.43. The SMILES string of the molecule is C=C(CCC)c1ccc(NC2CC3CC(C)CC2C3)c(NCc2ccncc2)c1. The number of nitrogens with zero attached hydrogens (tertiary/aromatic N) is 1. The number of hydrogen-bond donors (Lipinski definition) is 2. The molecule has 0 amide bonds. The quantitative estimate of drug-likeness (QED) is 0.525. The minimum Gasteiger partial charge on any atom is -0.380 e. The molecule has 2 bridgehead atoms. The molecule has 29 heavy (non-hydrogen) atoms. The minimum atomic E-state index is 0.608. The van der Waals surface area contributed by atoms with Crippen LogP contribution in [0.25, 0.3) is 5.57 Å². The summed E-state index contributed by atoms with van der Waals surface area (Å²) in [5, 5.41) is 7.61. The Morgan fingerprint density at radius 3 is 2.69 bits per heavy atom. The summed E-state index contributed by atoms with van der Waals surface area (Å²) < 4.78 is 0. The highest BCUT2D eigenvalue weighted by Gasteiger charge is 2.39. The van der Waals surface area contributed by atoms with Crippen LogP contribution in [-0.4, -0.2) is 11.0 Å². The summed E-state index contributed by atoms with van der Waals surface area (Å²) >= 11 is 0. The molecule has 2 N–H and O–H groups in total. The smallest absolute Gasteiger partial charge is 0.0584 e. The zero-order valence-corrected chi connectivity index (χ0v) is 18.0. The number of allylic oxidation sites excluding steroid dienone is 1. The maximum atomic E-state index is 4.30. The summed E-state index contributed by atoms with van der Waals surface area (Å²) in [5.74, 6) is 2.62. The van der Waals surface area contributed by atoms with Gasteiger partial charge in [-0.3, -0.25) is 4.98 Å². The van der Waals surface area contributed by atoms with Gasteiger partial charge < -0.3 is 10.6 Å². The van der Waals surface area contributed by atoms with E-state index in [1.165, 1.54) is 53.8 Å². The van der Waals surface area contributed by atoms with Crippen molar-refractivity contribution in [3.63, 3.8) is 0 Å². The monoisotopic (exact) mass is 389 g/mol. The van der Waals surface area contributed by atoms with Gasteiger partial charge in [0.25, 0.3) is 0 Å². The van der Waals surface area contributed by atoms with Crippen LogP contribution < -0.4 is 10.6 Å².